The number of aromatic nitrogens is 2. The van der Waals surface area contributed by atoms with E-state index in [9.17, 15) is 13.6 Å². The molecule has 0 unspecified atom stereocenters. The Hall–Kier alpha value is -3.07. The van der Waals surface area contributed by atoms with Crippen LogP contribution in [0.15, 0.2) is 65.3 Å². The molecule has 1 amide bonds. The first-order valence-corrected chi connectivity index (χ1v) is 12.6. The van der Waals surface area contributed by atoms with E-state index in [-0.39, 0.29) is 17.6 Å². The predicted octanol–water partition coefficient (Wildman–Crippen LogP) is 6.56. The van der Waals surface area contributed by atoms with Gasteiger partial charge < -0.3 is 5.32 Å². The van der Waals surface area contributed by atoms with Gasteiger partial charge in [0.05, 0.1) is 10.5 Å². The molecule has 0 saturated heterocycles. The van der Waals surface area contributed by atoms with E-state index in [4.69, 9.17) is 11.6 Å². The molecule has 36 heavy (non-hydrogen) atoms. The number of rotatable bonds is 5. The molecular weight excluding hydrogens is 550 g/mol. The summed E-state index contributed by atoms with van der Waals surface area (Å²) in [7, 11) is 0. The molecule has 0 bridgehead atoms. The number of nitrogens with one attached hydrogen (secondary N) is 1. The number of carbonyl (C=O) groups excluding carboxylic acids is 1. The highest BCUT2D eigenvalue weighted by Gasteiger charge is 2.26. The maximum atomic E-state index is 13.7. The largest absolute Gasteiger partial charge is 0.333 e. The standard InChI is InChI=1S/C27H22BrClF2N4O/c28-19-4-5-20-21-16-34(10-1-2-17-3-6-22(29)23(30)12-17)11-8-24(21)35(25(20)14-19)27(36)33-15-18-7-9-32-26(31)13-18/h1-7,9,12-14H,8,10-11,15-16H2,(H,33,36). The lowest BCUT2D eigenvalue weighted by molar-refractivity contribution is 0.240. The number of fused-ring (bicyclic) bond motifs is 3. The molecule has 1 N–H and O–H groups in total. The highest BCUT2D eigenvalue weighted by Crippen LogP contribution is 2.32. The second-order valence-electron chi connectivity index (χ2n) is 8.63. The smallest absolute Gasteiger partial charge is 0.326 e. The van der Waals surface area contributed by atoms with Crippen LogP contribution in [0.2, 0.25) is 5.02 Å². The topological polar surface area (TPSA) is 50.2 Å². The van der Waals surface area contributed by atoms with Crippen molar-refractivity contribution < 1.29 is 13.6 Å². The molecule has 2 aromatic heterocycles. The maximum absolute atomic E-state index is 13.7. The van der Waals surface area contributed by atoms with Gasteiger partial charge >= 0.3 is 6.03 Å². The van der Waals surface area contributed by atoms with Crippen LogP contribution < -0.4 is 5.32 Å². The van der Waals surface area contributed by atoms with E-state index < -0.39 is 11.8 Å². The Morgan fingerprint density at radius 1 is 1.17 bits per heavy atom. The number of nitrogens with zero attached hydrogens (tertiary/aromatic N) is 3. The zero-order chi connectivity index (χ0) is 25.2. The van der Waals surface area contributed by atoms with Gasteiger partial charge in [0.15, 0.2) is 0 Å². The van der Waals surface area contributed by atoms with Gasteiger partial charge in [-0.15, -0.1) is 0 Å². The van der Waals surface area contributed by atoms with Crippen LogP contribution in [0.1, 0.15) is 22.4 Å². The Kier molecular flexibility index (Phi) is 7.18. The van der Waals surface area contributed by atoms with Crippen molar-refractivity contribution in [2.75, 3.05) is 13.1 Å². The summed E-state index contributed by atoms with van der Waals surface area (Å²) in [6, 6.07) is 13.4. The number of benzene rings is 2. The van der Waals surface area contributed by atoms with Gasteiger partial charge in [-0.3, -0.25) is 9.47 Å². The van der Waals surface area contributed by atoms with Crippen LogP contribution in [0.25, 0.3) is 17.0 Å². The van der Waals surface area contributed by atoms with Gasteiger partial charge in [0.1, 0.15) is 5.82 Å². The Morgan fingerprint density at radius 2 is 2.03 bits per heavy atom. The highest BCUT2D eigenvalue weighted by atomic mass is 79.9. The van der Waals surface area contributed by atoms with Crippen LogP contribution in [-0.2, 0) is 19.5 Å². The summed E-state index contributed by atoms with van der Waals surface area (Å²) in [5, 5.41) is 4.04. The number of amides is 1. The van der Waals surface area contributed by atoms with Gasteiger partial charge in [0.25, 0.3) is 0 Å². The molecule has 0 atom stereocenters. The third kappa shape index (κ3) is 5.21. The lowest BCUT2D eigenvalue weighted by Gasteiger charge is -2.27. The SMILES string of the molecule is O=C(NCc1ccnc(F)c1)n1c2c(c3ccc(Br)cc31)CN(CC=Cc1ccc(Cl)c(F)c1)CC2. The molecule has 0 fully saturated rings. The van der Waals surface area contributed by atoms with Crippen LogP contribution >= 0.6 is 27.5 Å². The fraction of sp³-hybridized carbons (Fsp3) is 0.185. The molecule has 3 heterocycles. The summed E-state index contributed by atoms with van der Waals surface area (Å²) in [6.45, 7) is 2.34. The number of halogens is 4. The zero-order valence-corrected chi connectivity index (χ0v) is 21.5. The molecule has 0 radical (unpaired) electrons. The first kappa shape index (κ1) is 24.6. The average molecular weight is 572 g/mol. The molecule has 5 rings (SSSR count). The van der Waals surface area contributed by atoms with E-state index in [1.807, 2.05) is 30.4 Å². The van der Waals surface area contributed by atoms with Gasteiger partial charge in [-0.2, -0.15) is 4.39 Å². The predicted molar refractivity (Wildman–Crippen MR) is 141 cm³/mol. The van der Waals surface area contributed by atoms with Crippen molar-refractivity contribution in [1.29, 1.82) is 0 Å². The highest BCUT2D eigenvalue weighted by molar-refractivity contribution is 9.10. The van der Waals surface area contributed by atoms with Crippen LogP contribution in [0.5, 0.6) is 0 Å². The summed E-state index contributed by atoms with van der Waals surface area (Å²) in [4.78, 5) is 19.1. The Labute approximate surface area is 220 Å². The second kappa shape index (κ2) is 10.5. The summed E-state index contributed by atoms with van der Waals surface area (Å²) >= 11 is 9.29. The number of hydrogen-bond donors (Lipinski definition) is 1. The third-order valence-electron chi connectivity index (χ3n) is 6.25. The Morgan fingerprint density at radius 3 is 2.83 bits per heavy atom. The van der Waals surface area contributed by atoms with Crippen molar-refractivity contribution in [3.05, 3.63) is 104 Å². The second-order valence-corrected chi connectivity index (χ2v) is 9.95. The van der Waals surface area contributed by atoms with Crippen molar-refractivity contribution in [3.63, 3.8) is 0 Å². The molecular formula is C27H22BrClF2N4O. The third-order valence-corrected chi connectivity index (χ3v) is 7.05. The average Bonchev–Trinajstić information content (AvgIpc) is 3.17. The first-order chi connectivity index (χ1) is 17.4. The molecule has 184 valence electrons. The maximum Gasteiger partial charge on any atom is 0.326 e. The van der Waals surface area contributed by atoms with Crippen LogP contribution in [0.3, 0.4) is 0 Å². The minimum atomic E-state index is -0.579. The normalized spacial score (nSPS) is 13.9. The molecule has 0 saturated carbocycles. The Bertz CT molecular complexity index is 1490. The van der Waals surface area contributed by atoms with Gasteiger partial charge in [-0.25, -0.2) is 14.2 Å². The van der Waals surface area contributed by atoms with Crippen molar-refractivity contribution >= 4 is 50.5 Å². The minimum absolute atomic E-state index is 0.107. The molecule has 1 aliphatic rings. The van der Waals surface area contributed by atoms with Gasteiger partial charge in [-0.1, -0.05) is 51.8 Å². The molecule has 9 heteroatoms. The van der Waals surface area contributed by atoms with Crippen molar-refractivity contribution in [1.82, 2.24) is 19.8 Å². The van der Waals surface area contributed by atoms with Crippen LogP contribution in [0.4, 0.5) is 13.6 Å². The zero-order valence-electron chi connectivity index (χ0n) is 19.1. The van der Waals surface area contributed by atoms with Crippen LogP contribution in [0, 0.1) is 11.8 Å². The van der Waals surface area contributed by atoms with Gasteiger partial charge in [0, 0.05) is 54.3 Å². The lowest BCUT2D eigenvalue weighted by Crippen LogP contribution is -2.34. The van der Waals surface area contributed by atoms with Gasteiger partial charge in [-0.05, 0) is 53.1 Å². The molecule has 4 aromatic rings. The number of hydrogen-bond acceptors (Lipinski definition) is 3. The Balaban J connectivity index is 1.36. The fourth-order valence-electron chi connectivity index (χ4n) is 4.54. The van der Waals surface area contributed by atoms with Gasteiger partial charge in [0.2, 0.25) is 5.95 Å². The van der Waals surface area contributed by atoms with Crippen molar-refractivity contribution in [3.8, 4) is 0 Å². The lowest BCUT2D eigenvalue weighted by atomic mass is 10.0. The fourth-order valence-corrected chi connectivity index (χ4v) is 5.00. The minimum Gasteiger partial charge on any atom is -0.333 e. The number of carbonyl (C=O) groups is 1. The van der Waals surface area contributed by atoms with Crippen LogP contribution in [-0.4, -0.2) is 33.6 Å². The van der Waals surface area contributed by atoms with Crippen molar-refractivity contribution in [2.24, 2.45) is 0 Å². The van der Waals surface area contributed by atoms with E-state index in [1.54, 1.807) is 22.8 Å². The summed E-state index contributed by atoms with van der Waals surface area (Å²) in [6.07, 6.45) is 5.96. The molecule has 0 aliphatic carbocycles. The summed E-state index contributed by atoms with van der Waals surface area (Å²) in [5.41, 5.74) is 4.30. The van der Waals surface area contributed by atoms with Crippen molar-refractivity contribution in [2.45, 2.75) is 19.5 Å². The van der Waals surface area contributed by atoms with E-state index in [1.165, 1.54) is 18.3 Å². The molecule has 2 aromatic carbocycles. The summed E-state index contributed by atoms with van der Waals surface area (Å²) in [5.74, 6) is -1.02. The summed E-state index contributed by atoms with van der Waals surface area (Å²) < 4.78 is 29.8. The first-order valence-electron chi connectivity index (χ1n) is 11.4. The quantitative estimate of drug-likeness (QED) is 0.276. The molecule has 5 nitrogen and oxygen atoms in total. The van der Waals surface area contributed by atoms with E-state index in [0.29, 0.717) is 25.1 Å². The van der Waals surface area contributed by atoms with E-state index in [0.717, 1.165) is 38.7 Å². The monoisotopic (exact) mass is 570 g/mol. The number of pyridine rings is 1. The van der Waals surface area contributed by atoms with E-state index in [2.05, 4.69) is 31.1 Å². The van der Waals surface area contributed by atoms with E-state index >= 15 is 0 Å². The molecule has 1 aliphatic heterocycles. The molecule has 0 spiro atoms.